The van der Waals surface area contributed by atoms with Crippen molar-refractivity contribution in [1.82, 2.24) is 10.2 Å². The topological polar surface area (TPSA) is 32.3 Å². The molecule has 0 aromatic carbocycles. The first-order chi connectivity index (χ1) is 7.84. The predicted molar refractivity (Wildman–Crippen MR) is 62.9 cm³/mol. The van der Waals surface area contributed by atoms with Crippen molar-refractivity contribution in [3.63, 3.8) is 0 Å². The van der Waals surface area contributed by atoms with Gasteiger partial charge in [-0.3, -0.25) is 4.79 Å². The van der Waals surface area contributed by atoms with Crippen LogP contribution in [0.3, 0.4) is 0 Å². The number of carbonyl (C=O) groups excluding carboxylic acids is 1. The second-order valence-corrected chi connectivity index (χ2v) is 5.32. The van der Waals surface area contributed by atoms with Crippen molar-refractivity contribution in [3.8, 4) is 0 Å². The Morgan fingerprint density at radius 2 is 2.12 bits per heavy atom. The molecule has 1 saturated carbocycles. The third-order valence-electron chi connectivity index (χ3n) is 4.25. The maximum Gasteiger partial charge on any atom is 0.226 e. The fourth-order valence-electron chi connectivity index (χ4n) is 3.37. The molecular formula is C13H20N2O. The van der Waals surface area contributed by atoms with Gasteiger partial charge in [0.1, 0.15) is 0 Å². The Kier molecular flexibility index (Phi) is 2.72. The summed E-state index contributed by atoms with van der Waals surface area (Å²) >= 11 is 0. The zero-order chi connectivity index (χ0) is 11.0. The van der Waals surface area contributed by atoms with Gasteiger partial charge < -0.3 is 10.2 Å². The monoisotopic (exact) mass is 220 g/mol. The summed E-state index contributed by atoms with van der Waals surface area (Å²) in [6.07, 6.45) is 8.00. The lowest BCUT2D eigenvalue weighted by molar-refractivity contribution is -0.136. The maximum absolute atomic E-state index is 12.4. The van der Waals surface area contributed by atoms with E-state index in [0.29, 0.717) is 23.7 Å². The number of amides is 1. The molecule has 0 unspecified atom stereocenters. The van der Waals surface area contributed by atoms with Crippen LogP contribution in [0.4, 0.5) is 0 Å². The molecule has 0 radical (unpaired) electrons. The molecule has 1 saturated heterocycles. The zero-order valence-corrected chi connectivity index (χ0v) is 9.69. The summed E-state index contributed by atoms with van der Waals surface area (Å²) in [5.74, 6) is 1.96. The fraction of sp³-hybridized carbons (Fsp3) is 0.769. The Morgan fingerprint density at radius 1 is 1.19 bits per heavy atom. The van der Waals surface area contributed by atoms with E-state index in [2.05, 4.69) is 22.4 Å². The van der Waals surface area contributed by atoms with Gasteiger partial charge in [-0.2, -0.15) is 0 Å². The van der Waals surface area contributed by atoms with Crippen molar-refractivity contribution in [3.05, 3.63) is 12.2 Å². The van der Waals surface area contributed by atoms with Gasteiger partial charge in [-0.1, -0.05) is 12.2 Å². The van der Waals surface area contributed by atoms with Gasteiger partial charge in [0, 0.05) is 25.6 Å². The highest BCUT2D eigenvalue weighted by Crippen LogP contribution is 2.44. The summed E-state index contributed by atoms with van der Waals surface area (Å²) in [5, 5.41) is 3.35. The Labute approximate surface area is 96.9 Å². The lowest BCUT2D eigenvalue weighted by atomic mass is 9.92. The SMILES string of the molecule is O=C([C@@H]1C[C@@H]2C=C[C@H]1C2)N1CCCNCC1. The molecule has 1 amide bonds. The lowest BCUT2D eigenvalue weighted by Gasteiger charge is -2.26. The van der Waals surface area contributed by atoms with Gasteiger partial charge in [-0.15, -0.1) is 0 Å². The van der Waals surface area contributed by atoms with Crippen LogP contribution < -0.4 is 5.32 Å². The summed E-state index contributed by atoms with van der Waals surface area (Å²) in [4.78, 5) is 14.5. The van der Waals surface area contributed by atoms with Gasteiger partial charge in [-0.25, -0.2) is 0 Å². The largest absolute Gasteiger partial charge is 0.341 e. The van der Waals surface area contributed by atoms with Crippen molar-refractivity contribution in [2.24, 2.45) is 17.8 Å². The van der Waals surface area contributed by atoms with Crippen LogP contribution in [0, 0.1) is 17.8 Å². The molecule has 2 fully saturated rings. The van der Waals surface area contributed by atoms with E-state index in [1.165, 1.54) is 6.42 Å². The van der Waals surface area contributed by atoms with Crippen LogP contribution in [0.25, 0.3) is 0 Å². The van der Waals surface area contributed by atoms with Crippen LogP contribution in [0.5, 0.6) is 0 Å². The van der Waals surface area contributed by atoms with Gasteiger partial charge in [0.05, 0.1) is 0 Å². The molecular weight excluding hydrogens is 200 g/mol. The van der Waals surface area contributed by atoms with E-state index < -0.39 is 0 Å². The van der Waals surface area contributed by atoms with Gasteiger partial charge in [-0.05, 0) is 37.6 Å². The quantitative estimate of drug-likeness (QED) is 0.669. The number of hydrogen-bond acceptors (Lipinski definition) is 2. The number of hydrogen-bond donors (Lipinski definition) is 1. The van der Waals surface area contributed by atoms with Crippen LogP contribution in [-0.2, 0) is 4.79 Å². The smallest absolute Gasteiger partial charge is 0.226 e. The number of fused-ring (bicyclic) bond motifs is 2. The third-order valence-corrected chi connectivity index (χ3v) is 4.25. The number of allylic oxidation sites excluding steroid dienone is 2. The van der Waals surface area contributed by atoms with E-state index in [4.69, 9.17) is 0 Å². The van der Waals surface area contributed by atoms with Crippen LogP contribution in [0.2, 0.25) is 0 Å². The van der Waals surface area contributed by atoms with Crippen molar-refractivity contribution in [2.75, 3.05) is 26.2 Å². The van der Waals surface area contributed by atoms with Crippen LogP contribution >= 0.6 is 0 Å². The van der Waals surface area contributed by atoms with Crippen molar-refractivity contribution in [1.29, 1.82) is 0 Å². The summed E-state index contributed by atoms with van der Waals surface area (Å²) in [5.41, 5.74) is 0. The van der Waals surface area contributed by atoms with E-state index in [9.17, 15) is 4.79 Å². The first kappa shape index (κ1) is 10.3. The second-order valence-electron chi connectivity index (χ2n) is 5.32. The van der Waals surface area contributed by atoms with Gasteiger partial charge in [0.25, 0.3) is 0 Å². The lowest BCUT2D eigenvalue weighted by Crippen LogP contribution is -2.39. The van der Waals surface area contributed by atoms with Gasteiger partial charge >= 0.3 is 0 Å². The number of carbonyl (C=O) groups is 1. The van der Waals surface area contributed by atoms with E-state index in [1.807, 2.05) is 0 Å². The van der Waals surface area contributed by atoms with Gasteiger partial charge in [0.15, 0.2) is 0 Å². The van der Waals surface area contributed by atoms with Crippen molar-refractivity contribution < 1.29 is 4.79 Å². The number of rotatable bonds is 1. The summed E-state index contributed by atoms with van der Waals surface area (Å²) in [7, 11) is 0. The van der Waals surface area contributed by atoms with E-state index in [-0.39, 0.29) is 0 Å². The minimum atomic E-state index is 0.299. The molecule has 3 aliphatic rings. The third kappa shape index (κ3) is 1.77. The van der Waals surface area contributed by atoms with E-state index in [0.717, 1.165) is 39.0 Å². The molecule has 1 aliphatic heterocycles. The highest BCUT2D eigenvalue weighted by molar-refractivity contribution is 5.80. The first-order valence-corrected chi connectivity index (χ1v) is 6.52. The molecule has 2 bridgehead atoms. The summed E-state index contributed by atoms with van der Waals surface area (Å²) in [6, 6.07) is 0. The molecule has 3 heteroatoms. The number of nitrogens with one attached hydrogen (secondary N) is 1. The van der Waals surface area contributed by atoms with Gasteiger partial charge in [0.2, 0.25) is 5.91 Å². The molecule has 1 N–H and O–H groups in total. The van der Waals surface area contributed by atoms with Crippen LogP contribution in [0.1, 0.15) is 19.3 Å². The summed E-state index contributed by atoms with van der Waals surface area (Å²) in [6.45, 7) is 3.86. The molecule has 1 heterocycles. The maximum atomic E-state index is 12.4. The van der Waals surface area contributed by atoms with Crippen LogP contribution in [0.15, 0.2) is 12.2 Å². The standard InChI is InChI=1S/C13H20N2O/c16-13(15-6-1-4-14-5-7-15)12-9-10-2-3-11(12)8-10/h2-3,10-12,14H,1,4-9H2/t10-,11+,12-/m1/s1. The Bertz CT molecular complexity index is 305. The Hall–Kier alpha value is -0.830. The normalized spacial score (nSPS) is 37.8. The molecule has 3 atom stereocenters. The highest BCUT2D eigenvalue weighted by Gasteiger charge is 2.41. The molecule has 88 valence electrons. The van der Waals surface area contributed by atoms with Crippen molar-refractivity contribution in [2.45, 2.75) is 19.3 Å². The number of nitrogens with zero attached hydrogens (tertiary/aromatic N) is 1. The predicted octanol–water partition coefficient (Wildman–Crippen LogP) is 1.02. The molecule has 3 rings (SSSR count). The molecule has 0 spiro atoms. The molecule has 0 aromatic rings. The highest BCUT2D eigenvalue weighted by atomic mass is 16.2. The average molecular weight is 220 g/mol. The average Bonchev–Trinajstić information content (AvgIpc) is 2.82. The first-order valence-electron chi connectivity index (χ1n) is 6.52. The second kappa shape index (κ2) is 4.21. The molecule has 16 heavy (non-hydrogen) atoms. The minimum Gasteiger partial charge on any atom is -0.341 e. The van der Waals surface area contributed by atoms with E-state index >= 15 is 0 Å². The molecule has 2 aliphatic carbocycles. The van der Waals surface area contributed by atoms with E-state index in [1.54, 1.807) is 0 Å². The zero-order valence-electron chi connectivity index (χ0n) is 9.69. The summed E-state index contributed by atoms with van der Waals surface area (Å²) < 4.78 is 0. The Morgan fingerprint density at radius 3 is 2.88 bits per heavy atom. The van der Waals surface area contributed by atoms with Crippen molar-refractivity contribution >= 4 is 5.91 Å². The fourth-order valence-corrected chi connectivity index (χ4v) is 3.37. The molecule has 0 aromatic heterocycles. The Balaban J connectivity index is 1.65. The van der Waals surface area contributed by atoms with Crippen LogP contribution in [-0.4, -0.2) is 37.0 Å². The molecule has 3 nitrogen and oxygen atoms in total. The minimum absolute atomic E-state index is 0.299.